The van der Waals surface area contributed by atoms with Gasteiger partial charge in [0.2, 0.25) is 0 Å². The maximum atomic E-state index is 5.58. The zero-order valence-corrected chi connectivity index (χ0v) is 4.93. The highest BCUT2D eigenvalue weighted by atomic mass is 15.0. The van der Waals surface area contributed by atoms with Crippen LogP contribution < -0.4 is 16.8 Å². The zero-order valence-electron chi connectivity index (χ0n) is 4.93. The maximum absolute atomic E-state index is 5.58. The molecule has 5 N–H and O–H groups in total. The molecule has 0 aromatic carbocycles. The minimum atomic E-state index is 0.277. The first-order valence-corrected chi connectivity index (χ1v) is 3.01. The van der Waals surface area contributed by atoms with Gasteiger partial charge in [-0.25, -0.2) is 0 Å². The summed E-state index contributed by atoms with van der Waals surface area (Å²) >= 11 is 0. The molecular formula is C5H13N3. The van der Waals surface area contributed by atoms with Crippen LogP contribution in [0.15, 0.2) is 0 Å². The van der Waals surface area contributed by atoms with E-state index < -0.39 is 0 Å². The van der Waals surface area contributed by atoms with E-state index in [9.17, 15) is 0 Å². The van der Waals surface area contributed by atoms with E-state index in [1.165, 1.54) is 0 Å². The minimum Gasteiger partial charge on any atom is -0.326 e. The summed E-state index contributed by atoms with van der Waals surface area (Å²) in [4.78, 5) is 0. The first-order chi connectivity index (χ1) is 3.79. The van der Waals surface area contributed by atoms with E-state index >= 15 is 0 Å². The van der Waals surface area contributed by atoms with Crippen molar-refractivity contribution >= 4 is 0 Å². The molecule has 8 heavy (non-hydrogen) atoms. The van der Waals surface area contributed by atoms with Gasteiger partial charge in [0.05, 0.1) is 0 Å². The largest absolute Gasteiger partial charge is 0.326 e. The zero-order chi connectivity index (χ0) is 5.98. The average molecular weight is 115 g/mol. The Bertz CT molecular complexity index is 66.1. The van der Waals surface area contributed by atoms with Crippen LogP contribution in [0.2, 0.25) is 0 Å². The third-order valence-electron chi connectivity index (χ3n) is 1.42. The molecule has 0 saturated carbocycles. The molecule has 0 spiro atoms. The summed E-state index contributed by atoms with van der Waals surface area (Å²) in [6.07, 6.45) is 0.965. The smallest absolute Gasteiger partial charge is 0.0180 e. The number of nitrogens with one attached hydrogen (secondary N) is 1. The van der Waals surface area contributed by atoms with Gasteiger partial charge in [-0.1, -0.05) is 0 Å². The third kappa shape index (κ3) is 1.43. The molecule has 0 bridgehead atoms. The second kappa shape index (κ2) is 2.44. The molecule has 0 amide bonds. The average Bonchev–Trinajstić information content (AvgIpc) is 1.64. The van der Waals surface area contributed by atoms with Crippen LogP contribution in [0.4, 0.5) is 0 Å². The van der Waals surface area contributed by atoms with Gasteiger partial charge in [0.15, 0.2) is 0 Å². The molecule has 0 aromatic heterocycles. The molecule has 3 nitrogen and oxygen atoms in total. The number of hydrogen-bond donors (Lipinski definition) is 3. The molecule has 0 aliphatic carbocycles. The molecule has 3 heteroatoms. The van der Waals surface area contributed by atoms with Gasteiger partial charge in [-0.15, -0.1) is 0 Å². The fraction of sp³-hybridized carbons (Fsp3) is 1.00. The van der Waals surface area contributed by atoms with E-state index in [1.54, 1.807) is 0 Å². The summed E-state index contributed by atoms with van der Waals surface area (Å²) < 4.78 is 0. The molecule has 1 saturated heterocycles. The van der Waals surface area contributed by atoms with Gasteiger partial charge in [0, 0.05) is 25.2 Å². The molecule has 1 rings (SSSR count). The molecule has 1 fully saturated rings. The van der Waals surface area contributed by atoms with E-state index in [4.69, 9.17) is 11.5 Å². The van der Waals surface area contributed by atoms with Gasteiger partial charge in [0.25, 0.3) is 0 Å². The van der Waals surface area contributed by atoms with Crippen molar-refractivity contribution in [2.24, 2.45) is 11.5 Å². The van der Waals surface area contributed by atoms with Gasteiger partial charge in [-0.3, -0.25) is 0 Å². The summed E-state index contributed by atoms with van der Waals surface area (Å²) in [6, 6.07) is 0.553. The van der Waals surface area contributed by atoms with E-state index in [0.29, 0.717) is 0 Å². The summed E-state index contributed by atoms with van der Waals surface area (Å²) in [6.45, 7) is 1.85. The van der Waals surface area contributed by atoms with Crippen LogP contribution in [0.25, 0.3) is 0 Å². The van der Waals surface area contributed by atoms with Gasteiger partial charge in [-0.05, 0) is 6.42 Å². The molecule has 48 valence electrons. The standard InChI is InChI=1S/C5H13N3/c6-4-1-5(7)3-8-2-4/h4-5,8H,1-3,6-7H2. The lowest BCUT2D eigenvalue weighted by atomic mass is 10.1. The fourth-order valence-electron chi connectivity index (χ4n) is 1.01. The van der Waals surface area contributed by atoms with Crippen LogP contribution in [0.3, 0.4) is 0 Å². The lowest BCUT2D eigenvalue weighted by Crippen LogP contribution is -2.49. The topological polar surface area (TPSA) is 64.1 Å². The first kappa shape index (κ1) is 6.01. The second-order valence-corrected chi connectivity index (χ2v) is 2.41. The van der Waals surface area contributed by atoms with Crippen molar-refractivity contribution in [3.63, 3.8) is 0 Å². The molecule has 0 aromatic rings. The van der Waals surface area contributed by atoms with Gasteiger partial charge < -0.3 is 16.8 Å². The molecule has 2 unspecified atom stereocenters. The lowest BCUT2D eigenvalue weighted by Gasteiger charge is -2.24. The van der Waals surface area contributed by atoms with Gasteiger partial charge >= 0.3 is 0 Å². The summed E-state index contributed by atoms with van der Waals surface area (Å²) in [5.41, 5.74) is 11.2. The van der Waals surface area contributed by atoms with Crippen molar-refractivity contribution in [2.45, 2.75) is 18.5 Å². The van der Waals surface area contributed by atoms with Crippen LogP contribution in [0, 0.1) is 0 Å². The Morgan fingerprint density at radius 3 is 1.88 bits per heavy atom. The molecule has 1 aliphatic rings. The van der Waals surface area contributed by atoms with Crippen molar-refractivity contribution in [1.29, 1.82) is 0 Å². The third-order valence-corrected chi connectivity index (χ3v) is 1.42. The fourth-order valence-corrected chi connectivity index (χ4v) is 1.01. The van der Waals surface area contributed by atoms with E-state index in [1.807, 2.05) is 0 Å². The number of piperidine rings is 1. The SMILES string of the molecule is NC1CNCC(N)C1. The highest BCUT2D eigenvalue weighted by Gasteiger charge is 2.13. The van der Waals surface area contributed by atoms with E-state index in [-0.39, 0.29) is 12.1 Å². The molecular weight excluding hydrogens is 102 g/mol. The van der Waals surface area contributed by atoms with Crippen LogP contribution in [0.5, 0.6) is 0 Å². The monoisotopic (exact) mass is 115 g/mol. The first-order valence-electron chi connectivity index (χ1n) is 3.01. The predicted octanol–water partition coefficient (Wildman–Crippen LogP) is -1.37. The van der Waals surface area contributed by atoms with Gasteiger partial charge in [-0.2, -0.15) is 0 Å². The van der Waals surface area contributed by atoms with Crippen LogP contribution in [-0.2, 0) is 0 Å². The Balaban J connectivity index is 2.23. The van der Waals surface area contributed by atoms with Crippen molar-refractivity contribution in [3.8, 4) is 0 Å². The lowest BCUT2D eigenvalue weighted by molar-refractivity contribution is 0.411. The Hall–Kier alpha value is -0.120. The van der Waals surface area contributed by atoms with Crippen molar-refractivity contribution < 1.29 is 0 Å². The molecule has 0 radical (unpaired) electrons. The number of rotatable bonds is 0. The Morgan fingerprint density at radius 2 is 1.62 bits per heavy atom. The van der Waals surface area contributed by atoms with E-state index in [2.05, 4.69) is 5.32 Å². The summed E-state index contributed by atoms with van der Waals surface area (Å²) in [5.74, 6) is 0. The summed E-state index contributed by atoms with van der Waals surface area (Å²) in [7, 11) is 0. The predicted molar refractivity (Wildman–Crippen MR) is 33.4 cm³/mol. The Labute approximate surface area is 49.4 Å². The Morgan fingerprint density at radius 1 is 1.12 bits per heavy atom. The van der Waals surface area contributed by atoms with Crippen molar-refractivity contribution in [3.05, 3.63) is 0 Å². The normalized spacial score (nSPS) is 39.8. The highest BCUT2D eigenvalue weighted by Crippen LogP contribution is 1.95. The number of hydrogen-bond acceptors (Lipinski definition) is 3. The van der Waals surface area contributed by atoms with Crippen LogP contribution >= 0.6 is 0 Å². The summed E-state index contributed by atoms with van der Waals surface area (Å²) in [5, 5.41) is 3.13. The maximum Gasteiger partial charge on any atom is 0.0180 e. The second-order valence-electron chi connectivity index (χ2n) is 2.41. The van der Waals surface area contributed by atoms with Crippen molar-refractivity contribution in [2.75, 3.05) is 13.1 Å². The quantitative estimate of drug-likeness (QED) is 0.365. The van der Waals surface area contributed by atoms with Crippen molar-refractivity contribution in [1.82, 2.24) is 5.32 Å². The van der Waals surface area contributed by atoms with Crippen LogP contribution in [-0.4, -0.2) is 25.2 Å². The van der Waals surface area contributed by atoms with E-state index in [0.717, 1.165) is 19.5 Å². The van der Waals surface area contributed by atoms with Gasteiger partial charge in [0.1, 0.15) is 0 Å². The molecule has 2 atom stereocenters. The minimum absolute atomic E-state index is 0.277. The Kier molecular flexibility index (Phi) is 1.83. The highest BCUT2D eigenvalue weighted by molar-refractivity contribution is 4.79. The molecule has 1 aliphatic heterocycles. The van der Waals surface area contributed by atoms with Crippen LogP contribution in [0.1, 0.15) is 6.42 Å². The molecule has 1 heterocycles. The number of nitrogens with two attached hydrogens (primary N) is 2.